The smallest absolute Gasteiger partial charge is 0.276 e. The van der Waals surface area contributed by atoms with Crippen LogP contribution in [0.2, 0.25) is 0 Å². The van der Waals surface area contributed by atoms with E-state index in [1.807, 2.05) is 36.2 Å². The van der Waals surface area contributed by atoms with Gasteiger partial charge in [0.25, 0.3) is 5.91 Å². The lowest BCUT2D eigenvalue weighted by atomic mass is 9.79. The molecule has 0 aliphatic carbocycles. The molecule has 1 amide bonds. The Hall–Kier alpha value is -2.41. The first-order chi connectivity index (χ1) is 13.1. The second-order valence-electron chi connectivity index (χ2n) is 9.02. The van der Waals surface area contributed by atoms with Gasteiger partial charge in [-0.05, 0) is 58.2 Å². The largest absolute Gasteiger partial charge is 0.497 e. The van der Waals surface area contributed by atoms with Gasteiger partial charge in [-0.25, -0.2) is 4.68 Å². The summed E-state index contributed by atoms with van der Waals surface area (Å²) < 4.78 is 6.87. The van der Waals surface area contributed by atoms with Crippen LogP contribution in [0.5, 0.6) is 5.75 Å². The minimum atomic E-state index is -0.0838. The maximum atomic E-state index is 13.0. The van der Waals surface area contributed by atoms with Crippen LogP contribution in [0.1, 0.15) is 56.6 Å². The van der Waals surface area contributed by atoms with Gasteiger partial charge in [-0.1, -0.05) is 17.3 Å². The Morgan fingerprint density at radius 3 is 2.39 bits per heavy atom. The lowest BCUT2D eigenvalue weighted by molar-refractivity contribution is 0.0523. The van der Waals surface area contributed by atoms with Crippen molar-refractivity contribution in [3.63, 3.8) is 0 Å². The summed E-state index contributed by atoms with van der Waals surface area (Å²) in [5.74, 6) is 0.729. The summed E-state index contributed by atoms with van der Waals surface area (Å²) >= 11 is 0. The fraction of sp³-hybridized carbons (Fsp3) is 0.571. The van der Waals surface area contributed by atoms with Gasteiger partial charge in [0, 0.05) is 24.2 Å². The minimum Gasteiger partial charge on any atom is -0.497 e. The van der Waals surface area contributed by atoms with Crippen LogP contribution in [-0.2, 0) is 6.54 Å². The minimum absolute atomic E-state index is 0.0209. The number of benzene rings is 1. The van der Waals surface area contributed by atoms with Crippen molar-refractivity contribution < 1.29 is 9.53 Å². The standard InChI is InChI=1S/C21H31N5O2/c1-20(2)11-16(12-21(3,4)23-20)25(5)19(27)18-14-26(24-22-18)13-15-7-9-17(28-6)10-8-15/h7-10,14,16,23H,11-13H2,1-6H3. The number of rotatable bonds is 5. The van der Waals surface area contributed by atoms with Gasteiger partial charge >= 0.3 is 0 Å². The molecule has 1 aromatic heterocycles. The second-order valence-corrected chi connectivity index (χ2v) is 9.02. The molecule has 1 fully saturated rings. The zero-order valence-electron chi connectivity index (χ0n) is 17.7. The van der Waals surface area contributed by atoms with E-state index >= 15 is 0 Å². The molecule has 0 saturated carbocycles. The van der Waals surface area contributed by atoms with Gasteiger partial charge in [0.05, 0.1) is 19.9 Å². The maximum Gasteiger partial charge on any atom is 0.276 e. The first-order valence-corrected chi connectivity index (χ1v) is 9.68. The Labute approximate surface area is 167 Å². The molecular formula is C21H31N5O2. The van der Waals surface area contributed by atoms with Crippen LogP contribution in [-0.4, -0.2) is 57.1 Å². The number of nitrogens with zero attached hydrogens (tertiary/aromatic N) is 4. The van der Waals surface area contributed by atoms with Crippen molar-refractivity contribution in [2.45, 2.75) is 64.2 Å². The van der Waals surface area contributed by atoms with Crippen molar-refractivity contribution in [2.24, 2.45) is 0 Å². The molecule has 7 heteroatoms. The zero-order chi connectivity index (χ0) is 20.5. The summed E-state index contributed by atoms with van der Waals surface area (Å²) in [7, 11) is 3.51. The summed E-state index contributed by atoms with van der Waals surface area (Å²) in [5.41, 5.74) is 1.41. The fourth-order valence-electron chi connectivity index (χ4n) is 4.28. The molecule has 0 bridgehead atoms. The first-order valence-electron chi connectivity index (χ1n) is 9.68. The fourth-order valence-corrected chi connectivity index (χ4v) is 4.28. The van der Waals surface area contributed by atoms with Crippen molar-refractivity contribution >= 4 is 5.91 Å². The van der Waals surface area contributed by atoms with Crippen LogP contribution in [0, 0.1) is 0 Å². The molecule has 28 heavy (non-hydrogen) atoms. The molecule has 0 spiro atoms. The number of carbonyl (C=O) groups excluding carboxylic acids is 1. The number of methoxy groups -OCH3 is 1. The molecule has 1 N–H and O–H groups in total. The van der Waals surface area contributed by atoms with Crippen LogP contribution in [0.3, 0.4) is 0 Å². The molecule has 1 saturated heterocycles. The highest BCUT2D eigenvalue weighted by Gasteiger charge is 2.40. The normalized spacial score (nSPS) is 18.6. The summed E-state index contributed by atoms with van der Waals surface area (Å²) in [4.78, 5) is 14.8. The molecule has 152 valence electrons. The highest BCUT2D eigenvalue weighted by Crippen LogP contribution is 2.31. The van der Waals surface area contributed by atoms with E-state index in [2.05, 4.69) is 43.3 Å². The van der Waals surface area contributed by atoms with Crippen molar-refractivity contribution in [3.8, 4) is 5.75 Å². The summed E-state index contributed by atoms with van der Waals surface area (Å²) in [6, 6.07) is 7.94. The number of nitrogens with one attached hydrogen (secondary N) is 1. The topological polar surface area (TPSA) is 72.3 Å². The van der Waals surface area contributed by atoms with E-state index < -0.39 is 0 Å². The maximum absolute atomic E-state index is 13.0. The van der Waals surface area contributed by atoms with E-state index in [1.54, 1.807) is 18.0 Å². The third kappa shape index (κ3) is 4.70. The Bertz CT molecular complexity index is 810. The van der Waals surface area contributed by atoms with Gasteiger partial charge in [0.15, 0.2) is 5.69 Å². The Balaban J connectivity index is 1.69. The van der Waals surface area contributed by atoms with E-state index in [9.17, 15) is 4.79 Å². The lowest BCUT2D eigenvalue weighted by Gasteiger charge is -2.48. The van der Waals surface area contributed by atoms with Crippen LogP contribution >= 0.6 is 0 Å². The molecule has 0 unspecified atom stereocenters. The second kappa shape index (κ2) is 7.54. The number of amides is 1. The average molecular weight is 386 g/mol. The van der Waals surface area contributed by atoms with Crippen molar-refractivity contribution in [3.05, 3.63) is 41.7 Å². The average Bonchev–Trinajstić information content (AvgIpc) is 3.07. The van der Waals surface area contributed by atoms with E-state index in [0.717, 1.165) is 24.2 Å². The van der Waals surface area contributed by atoms with Crippen molar-refractivity contribution in [1.82, 2.24) is 25.2 Å². The molecule has 2 heterocycles. The van der Waals surface area contributed by atoms with E-state index in [4.69, 9.17) is 4.74 Å². The molecule has 2 aromatic rings. The lowest BCUT2D eigenvalue weighted by Crippen LogP contribution is -2.62. The molecule has 3 rings (SSSR count). The van der Waals surface area contributed by atoms with Crippen LogP contribution in [0.25, 0.3) is 0 Å². The summed E-state index contributed by atoms with van der Waals surface area (Å²) in [6.45, 7) is 9.30. The van der Waals surface area contributed by atoms with Crippen LogP contribution in [0.4, 0.5) is 0 Å². The molecule has 0 radical (unpaired) electrons. The number of aromatic nitrogens is 3. The third-order valence-corrected chi connectivity index (χ3v) is 5.30. The van der Waals surface area contributed by atoms with Gasteiger partial charge in [0.1, 0.15) is 5.75 Å². The monoisotopic (exact) mass is 385 g/mol. The van der Waals surface area contributed by atoms with Crippen LogP contribution in [0.15, 0.2) is 30.5 Å². The third-order valence-electron chi connectivity index (χ3n) is 5.30. The number of hydrogen-bond acceptors (Lipinski definition) is 5. The number of hydrogen-bond donors (Lipinski definition) is 1. The van der Waals surface area contributed by atoms with Gasteiger partial charge in [0.2, 0.25) is 0 Å². The summed E-state index contributed by atoms with van der Waals surface area (Å²) in [5, 5.41) is 11.9. The molecule has 1 aliphatic heterocycles. The SMILES string of the molecule is COc1ccc(Cn2cc(C(=O)N(C)C3CC(C)(C)NC(C)(C)C3)nn2)cc1. The van der Waals surface area contributed by atoms with Gasteiger partial charge < -0.3 is 15.0 Å². The Morgan fingerprint density at radius 1 is 1.21 bits per heavy atom. The Kier molecular flexibility index (Phi) is 5.48. The predicted octanol–water partition coefficient (Wildman–Crippen LogP) is 2.72. The number of piperidine rings is 1. The molecule has 1 aromatic carbocycles. The Morgan fingerprint density at radius 2 is 1.82 bits per heavy atom. The molecule has 0 atom stereocenters. The predicted molar refractivity (Wildman–Crippen MR) is 109 cm³/mol. The molecule has 7 nitrogen and oxygen atoms in total. The van der Waals surface area contributed by atoms with E-state index in [1.165, 1.54) is 0 Å². The van der Waals surface area contributed by atoms with Gasteiger partial charge in [-0.15, -0.1) is 5.10 Å². The quantitative estimate of drug-likeness (QED) is 0.857. The first kappa shape index (κ1) is 20.3. The highest BCUT2D eigenvalue weighted by atomic mass is 16.5. The van der Waals surface area contributed by atoms with Crippen molar-refractivity contribution in [2.75, 3.05) is 14.2 Å². The summed E-state index contributed by atoms with van der Waals surface area (Å²) in [6.07, 6.45) is 3.53. The molecular weight excluding hydrogens is 354 g/mol. The highest BCUT2D eigenvalue weighted by molar-refractivity contribution is 5.92. The van der Waals surface area contributed by atoms with Crippen LogP contribution < -0.4 is 10.1 Å². The van der Waals surface area contributed by atoms with E-state index in [0.29, 0.717) is 12.2 Å². The number of carbonyl (C=O) groups is 1. The van der Waals surface area contributed by atoms with E-state index in [-0.39, 0.29) is 23.0 Å². The van der Waals surface area contributed by atoms with Gasteiger partial charge in [-0.3, -0.25) is 4.79 Å². The zero-order valence-corrected chi connectivity index (χ0v) is 17.7. The molecule has 1 aliphatic rings. The van der Waals surface area contributed by atoms with Gasteiger partial charge in [-0.2, -0.15) is 0 Å². The number of ether oxygens (including phenoxy) is 1. The van der Waals surface area contributed by atoms with Crippen molar-refractivity contribution in [1.29, 1.82) is 0 Å².